The normalized spacial score (nSPS) is 17.9. The van der Waals surface area contributed by atoms with Gasteiger partial charge in [-0.2, -0.15) is 0 Å². The number of para-hydroxylation sites is 1. The Kier molecular flexibility index (Phi) is 4.36. The fourth-order valence-corrected chi connectivity index (χ4v) is 3.68. The highest BCUT2D eigenvalue weighted by atomic mass is 32.2. The van der Waals surface area contributed by atoms with Crippen molar-refractivity contribution in [1.82, 2.24) is 4.72 Å². The van der Waals surface area contributed by atoms with Crippen LogP contribution in [0.2, 0.25) is 0 Å². The molecule has 20 heavy (non-hydrogen) atoms. The summed E-state index contributed by atoms with van der Waals surface area (Å²) in [6.07, 6.45) is 1.42. The van der Waals surface area contributed by atoms with Crippen LogP contribution in [0.1, 0.15) is 26.7 Å². The van der Waals surface area contributed by atoms with Gasteiger partial charge in [0.1, 0.15) is 4.90 Å². The van der Waals surface area contributed by atoms with Crippen molar-refractivity contribution < 1.29 is 13.5 Å². The Hall–Kier alpha value is -1.11. The zero-order valence-corrected chi connectivity index (χ0v) is 12.8. The van der Waals surface area contributed by atoms with Gasteiger partial charge in [0.2, 0.25) is 10.0 Å². The van der Waals surface area contributed by atoms with Gasteiger partial charge in [0, 0.05) is 19.6 Å². The monoisotopic (exact) mass is 298 g/mol. The summed E-state index contributed by atoms with van der Waals surface area (Å²) in [4.78, 5) is 2.19. The van der Waals surface area contributed by atoms with E-state index in [4.69, 9.17) is 0 Å². The van der Waals surface area contributed by atoms with Crippen LogP contribution in [0.25, 0.3) is 0 Å². The molecule has 6 heteroatoms. The minimum atomic E-state index is -3.49. The summed E-state index contributed by atoms with van der Waals surface area (Å²) in [7, 11) is -3.49. The molecule has 5 nitrogen and oxygen atoms in total. The van der Waals surface area contributed by atoms with E-state index in [1.54, 1.807) is 18.2 Å². The largest absolute Gasteiger partial charge is 0.386 e. The summed E-state index contributed by atoms with van der Waals surface area (Å²) >= 11 is 0. The van der Waals surface area contributed by atoms with Gasteiger partial charge in [0.25, 0.3) is 0 Å². The average Bonchev–Trinajstić information content (AvgIpc) is 2.42. The number of nitrogens with one attached hydrogen (secondary N) is 1. The van der Waals surface area contributed by atoms with Crippen molar-refractivity contribution >= 4 is 15.7 Å². The maximum absolute atomic E-state index is 12.3. The highest BCUT2D eigenvalue weighted by Gasteiger charge is 2.41. The number of hydrogen-bond acceptors (Lipinski definition) is 4. The number of nitrogens with zero attached hydrogens (tertiary/aromatic N) is 1. The second-order valence-corrected chi connectivity index (χ2v) is 7.03. The highest BCUT2D eigenvalue weighted by Crippen LogP contribution is 2.33. The Morgan fingerprint density at radius 1 is 1.30 bits per heavy atom. The van der Waals surface area contributed by atoms with E-state index in [-0.39, 0.29) is 4.90 Å². The molecule has 1 saturated heterocycles. The number of β-amino-alcohol motifs (C(OH)–C–C–N with tert-alkyl or cyclic N) is 1. The van der Waals surface area contributed by atoms with Crippen molar-refractivity contribution in [2.45, 2.75) is 37.2 Å². The first-order valence-corrected chi connectivity index (χ1v) is 8.46. The van der Waals surface area contributed by atoms with Gasteiger partial charge >= 0.3 is 0 Å². The van der Waals surface area contributed by atoms with Crippen LogP contribution in [0.5, 0.6) is 0 Å². The molecular formula is C14H22N2O3S. The van der Waals surface area contributed by atoms with Gasteiger partial charge in [0.05, 0.1) is 11.3 Å². The van der Waals surface area contributed by atoms with E-state index in [2.05, 4.69) is 4.72 Å². The molecule has 2 rings (SSSR count). The molecule has 0 bridgehead atoms. The van der Waals surface area contributed by atoms with Gasteiger partial charge in [0.15, 0.2) is 0 Å². The Balaban J connectivity index is 2.24. The van der Waals surface area contributed by atoms with Crippen molar-refractivity contribution in [2.24, 2.45) is 0 Å². The van der Waals surface area contributed by atoms with Crippen molar-refractivity contribution in [3.05, 3.63) is 24.3 Å². The number of rotatable bonds is 6. The van der Waals surface area contributed by atoms with E-state index in [1.165, 1.54) is 0 Å². The zero-order chi connectivity index (χ0) is 14.8. The van der Waals surface area contributed by atoms with E-state index in [1.807, 2.05) is 24.8 Å². The SMILES string of the molecule is CCCNS(=O)(=O)c1ccccc1N1CC(O)(CC)C1. The van der Waals surface area contributed by atoms with Gasteiger partial charge in [-0.05, 0) is 25.0 Å². The molecule has 1 aromatic rings. The van der Waals surface area contributed by atoms with Gasteiger partial charge in [-0.3, -0.25) is 0 Å². The van der Waals surface area contributed by atoms with Crippen LogP contribution in [-0.4, -0.2) is 38.8 Å². The molecule has 1 heterocycles. The maximum Gasteiger partial charge on any atom is 0.242 e. The lowest BCUT2D eigenvalue weighted by Gasteiger charge is -2.48. The van der Waals surface area contributed by atoms with E-state index in [9.17, 15) is 13.5 Å². The molecule has 0 saturated carbocycles. The van der Waals surface area contributed by atoms with Crippen LogP contribution in [0.3, 0.4) is 0 Å². The van der Waals surface area contributed by atoms with Crippen LogP contribution in [-0.2, 0) is 10.0 Å². The first-order valence-electron chi connectivity index (χ1n) is 6.98. The van der Waals surface area contributed by atoms with E-state index < -0.39 is 15.6 Å². The molecule has 0 amide bonds. The molecule has 112 valence electrons. The summed E-state index contributed by atoms with van der Waals surface area (Å²) in [5, 5.41) is 10.1. The predicted octanol–water partition coefficient (Wildman–Crippen LogP) is 1.34. The van der Waals surface area contributed by atoms with Gasteiger partial charge in [-0.15, -0.1) is 0 Å². The average molecular weight is 298 g/mol. The van der Waals surface area contributed by atoms with Crippen molar-refractivity contribution in [3.63, 3.8) is 0 Å². The van der Waals surface area contributed by atoms with E-state index in [0.717, 1.165) is 6.42 Å². The quantitative estimate of drug-likeness (QED) is 0.831. The maximum atomic E-state index is 12.3. The fraction of sp³-hybridized carbons (Fsp3) is 0.571. The molecule has 0 radical (unpaired) electrons. The molecule has 0 spiro atoms. The smallest absolute Gasteiger partial charge is 0.242 e. The summed E-state index contributed by atoms with van der Waals surface area (Å²) in [5.41, 5.74) is -0.0255. The minimum absolute atomic E-state index is 0.284. The fourth-order valence-electron chi connectivity index (χ4n) is 2.32. The molecule has 1 fully saturated rings. The molecule has 0 aromatic heterocycles. The van der Waals surface area contributed by atoms with E-state index in [0.29, 0.717) is 31.7 Å². The van der Waals surface area contributed by atoms with Crippen LogP contribution in [0.15, 0.2) is 29.2 Å². The van der Waals surface area contributed by atoms with Gasteiger partial charge < -0.3 is 10.0 Å². The second kappa shape index (κ2) is 5.71. The van der Waals surface area contributed by atoms with Crippen LogP contribution >= 0.6 is 0 Å². The summed E-state index contributed by atoms with van der Waals surface area (Å²) in [6, 6.07) is 6.93. The van der Waals surface area contributed by atoms with Crippen molar-refractivity contribution in [2.75, 3.05) is 24.5 Å². The van der Waals surface area contributed by atoms with Gasteiger partial charge in [-0.1, -0.05) is 26.0 Å². The second-order valence-electron chi connectivity index (χ2n) is 5.30. The third-order valence-corrected chi connectivity index (χ3v) is 5.17. The number of hydrogen-bond donors (Lipinski definition) is 2. The molecule has 0 atom stereocenters. The van der Waals surface area contributed by atoms with Crippen molar-refractivity contribution in [1.29, 1.82) is 0 Å². The van der Waals surface area contributed by atoms with Crippen molar-refractivity contribution in [3.8, 4) is 0 Å². The molecule has 0 unspecified atom stereocenters. The lowest BCUT2D eigenvalue weighted by atomic mass is 9.91. The first kappa shape index (κ1) is 15.3. The topological polar surface area (TPSA) is 69.6 Å². The Morgan fingerprint density at radius 2 is 1.95 bits per heavy atom. The zero-order valence-electron chi connectivity index (χ0n) is 12.0. The molecule has 1 aliphatic heterocycles. The lowest BCUT2D eigenvalue weighted by Crippen LogP contribution is -2.62. The molecule has 1 aliphatic rings. The first-order chi connectivity index (χ1) is 9.42. The standard InChI is InChI=1S/C14H22N2O3S/c1-3-9-15-20(18,19)13-8-6-5-7-12(13)16-10-14(17,4-2)11-16/h5-8,15,17H,3-4,9-11H2,1-2H3. The minimum Gasteiger partial charge on any atom is -0.386 e. The third kappa shape index (κ3) is 2.97. The number of benzene rings is 1. The molecular weight excluding hydrogens is 276 g/mol. The Bertz CT molecular complexity index is 566. The summed E-state index contributed by atoms with van der Waals surface area (Å²) in [5.74, 6) is 0. The van der Waals surface area contributed by atoms with Crippen LogP contribution in [0, 0.1) is 0 Å². The Labute approximate surface area is 120 Å². The van der Waals surface area contributed by atoms with Crippen LogP contribution in [0.4, 0.5) is 5.69 Å². The number of anilines is 1. The predicted molar refractivity (Wildman–Crippen MR) is 79.4 cm³/mol. The third-order valence-electron chi connectivity index (χ3n) is 3.67. The Morgan fingerprint density at radius 3 is 2.55 bits per heavy atom. The van der Waals surface area contributed by atoms with Gasteiger partial charge in [-0.25, -0.2) is 13.1 Å². The van der Waals surface area contributed by atoms with E-state index >= 15 is 0 Å². The molecule has 2 N–H and O–H groups in total. The number of aliphatic hydroxyl groups is 1. The highest BCUT2D eigenvalue weighted by molar-refractivity contribution is 7.89. The number of sulfonamides is 1. The lowest BCUT2D eigenvalue weighted by molar-refractivity contribution is 0.00822. The van der Waals surface area contributed by atoms with Crippen LogP contribution < -0.4 is 9.62 Å². The molecule has 1 aromatic carbocycles. The summed E-state index contributed by atoms with van der Waals surface area (Å²) in [6.45, 7) is 5.23. The molecule has 0 aliphatic carbocycles. The summed E-state index contributed by atoms with van der Waals surface area (Å²) < 4.78 is 27.2.